The van der Waals surface area contributed by atoms with Crippen molar-refractivity contribution in [2.75, 3.05) is 27.2 Å². The van der Waals surface area contributed by atoms with Gasteiger partial charge in [0.25, 0.3) is 0 Å². The highest BCUT2D eigenvalue weighted by molar-refractivity contribution is 5.97. The number of carbonyl (C=O) groups is 1. The summed E-state index contributed by atoms with van der Waals surface area (Å²) in [5.74, 6) is 0.356. The maximum absolute atomic E-state index is 13.5. The molecule has 118 valence electrons. The van der Waals surface area contributed by atoms with Gasteiger partial charge in [-0.1, -0.05) is 12.1 Å². The Kier molecular flexibility index (Phi) is 5.46. The lowest BCUT2D eigenvalue weighted by Gasteiger charge is -2.22. The molecule has 0 aliphatic rings. The summed E-state index contributed by atoms with van der Waals surface area (Å²) in [7, 11) is 3.90. The minimum Gasteiger partial charge on any atom is -0.468 e. The number of hydrogen-bond acceptors (Lipinski definition) is 4. The monoisotopic (exact) mass is 304 g/mol. The second-order valence-electron chi connectivity index (χ2n) is 5.51. The van der Waals surface area contributed by atoms with E-state index in [1.807, 2.05) is 31.1 Å². The lowest BCUT2D eigenvalue weighted by Crippen LogP contribution is -2.33. The van der Waals surface area contributed by atoms with Gasteiger partial charge in [0.15, 0.2) is 5.78 Å². The van der Waals surface area contributed by atoms with Crippen LogP contribution in [0.4, 0.5) is 4.39 Å². The number of hydrogen-bond donors (Lipinski definition) is 1. The molecule has 0 aliphatic heterocycles. The Morgan fingerprint density at radius 2 is 2.14 bits per heavy atom. The Morgan fingerprint density at radius 3 is 2.73 bits per heavy atom. The Hall–Kier alpha value is -1.98. The van der Waals surface area contributed by atoms with Crippen LogP contribution in [0.1, 0.15) is 27.7 Å². The van der Waals surface area contributed by atoms with Crippen LogP contribution in [0, 0.1) is 12.7 Å². The zero-order chi connectivity index (χ0) is 16.1. The predicted octanol–water partition coefficient (Wildman–Crippen LogP) is 2.80. The maximum atomic E-state index is 13.5. The molecule has 22 heavy (non-hydrogen) atoms. The smallest absolute Gasteiger partial charge is 0.176 e. The van der Waals surface area contributed by atoms with Gasteiger partial charge in [0.1, 0.15) is 11.6 Å². The summed E-state index contributed by atoms with van der Waals surface area (Å²) in [6.07, 6.45) is 1.63. The molecular formula is C17H21FN2O2. The standard InChI is InChI=1S/C17H21FN2O2/c1-12-6-7-13(9-14(12)18)16(21)11-19-10-15(20(2)3)17-5-4-8-22-17/h4-9,15,19H,10-11H2,1-3H3. The molecule has 1 heterocycles. The molecule has 0 radical (unpaired) electrons. The van der Waals surface area contributed by atoms with E-state index in [4.69, 9.17) is 4.42 Å². The Labute approximate surface area is 129 Å². The molecule has 2 aromatic rings. The number of aryl methyl sites for hydroxylation is 1. The van der Waals surface area contributed by atoms with Gasteiger partial charge < -0.3 is 9.73 Å². The molecule has 0 amide bonds. The van der Waals surface area contributed by atoms with Crippen molar-refractivity contribution in [3.05, 3.63) is 59.3 Å². The number of nitrogens with zero attached hydrogens (tertiary/aromatic N) is 1. The Bertz CT molecular complexity index is 624. The van der Waals surface area contributed by atoms with Gasteiger partial charge in [0, 0.05) is 12.1 Å². The molecule has 2 rings (SSSR count). The van der Waals surface area contributed by atoms with Crippen molar-refractivity contribution in [2.45, 2.75) is 13.0 Å². The molecule has 0 saturated heterocycles. The lowest BCUT2D eigenvalue weighted by molar-refractivity contribution is 0.0987. The van der Waals surface area contributed by atoms with Crippen molar-refractivity contribution in [3.63, 3.8) is 0 Å². The van der Waals surface area contributed by atoms with Crippen molar-refractivity contribution in [2.24, 2.45) is 0 Å². The maximum Gasteiger partial charge on any atom is 0.176 e. The number of benzene rings is 1. The highest BCUT2D eigenvalue weighted by Crippen LogP contribution is 2.17. The van der Waals surface area contributed by atoms with Gasteiger partial charge in [0.05, 0.1) is 18.8 Å². The van der Waals surface area contributed by atoms with E-state index in [9.17, 15) is 9.18 Å². The van der Waals surface area contributed by atoms with Crippen LogP contribution in [0.2, 0.25) is 0 Å². The second-order valence-corrected chi connectivity index (χ2v) is 5.51. The third-order valence-corrected chi connectivity index (χ3v) is 3.61. The summed E-state index contributed by atoms with van der Waals surface area (Å²) in [5.41, 5.74) is 0.921. The zero-order valence-electron chi connectivity index (χ0n) is 13.1. The Balaban J connectivity index is 1.91. The number of rotatable bonds is 7. The van der Waals surface area contributed by atoms with Gasteiger partial charge in [-0.25, -0.2) is 4.39 Å². The molecule has 4 nitrogen and oxygen atoms in total. The zero-order valence-corrected chi connectivity index (χ0v) is 13.1. The molecule has 0 spiro atoms. The Morgan fingerprint density at radius 1 is 1.36 bits per heavy atom. The SMILES string of the molecule is Cc1ccc(C(=O)CNCC(c2ccco2)N(C)C)cc1F. The molecule has 1 aromatic heterocycles. The second kappa shape index (κ2) is 7.33. The van der Waals surface area contributed by atoms with Gasteiger partial charge in [0.2, 0.25) is 0 Å². The van der Waals surface area contributed by atoms with Gasteiger partial charge in [-0.05, 0) is 44.8 Å². The molecule has 1 aromatic carbocycles. The number of carbonyl (C=O) groups excluding carboxylic acids is 1. The van der Waals surface area contributed by atoms with Crippen molar-refractivity contribution < 1.29 is 13.6 Å². The fourth-order valence-corrected chi connectivity index (χ4v) is 2.21. The van der Waals surface area contributed by atoms with E-state index in [0.29, 0.717) is 17.7 Å². The van der Waals surface area contributed by atoms with E-state index in [2.05, 4.69) is 5.32 Å². The van der Waals surface area contributed by atoms with E-state index in [1.165, 1.54) is 6.07 Å². The molecule has 0 aliphatic carbocycles. The van der Waals surface area contributed by atoms with Crippen LogP contribution in [0.25, 0.3) is 0 Å². The van der Waals surface area contributed by atoms with Crippen LogP contribution in [0.15, 0.2) is 41.0 Å². The van der Waals surface area contributed by atoms with Crippen LogP contribution < -0.4 is 5.32 Å². The normalized spacial score (nSPS) is 12.6. The van der Waals surface area contributed by atoms with E-state index < -0.39 is 0 Å². The first-order chi connectivity index (χ1) is 10.5. The first kappa shape index (κ1) is 16.4. The van der Waals surface area contributed by atoms with Crippen molar-refractivity contribution in [1.82, 2.24) is 10.2 Å². The molecule has 0 fully saturated rings. The van der Waals surface area contributed by atoms with Crippen LogP contribution in [0.3, 0.4) is 0 Å². The van der Waals surface area contributed by atoms with Gasteiger partial charge in [-0.15, -0.1) is 0 Å². The average Bonchev–Trinajstić information content (AvgIpc) is 2.99. The molecule has 1 N–H and O–H groups in total. The molecule has 1 unspecified atom stereocenters. The minimum absolute atomic E-state index is 0.0394. The summed E-state index contributed by atoms with van der Waals surface area (Å²) in [5, 5.41) is 3.11. The van der Waals surface area contributed by atoms with Gasteiger partial charge >= 0.3 is 0 Å². The fourth-order valence-electron chi connectivity index (χ4n) is 2.21. The van der Waals surface area contributed by atoms with Crippen LogP contribution >= 0.6 is 0 Å². The number of likely N-dealkylation sites (N-methyl/N-ethyl adjacent to an activating group) is 1. The third-order valence-electron chi connectivity index (χ3n) is 3.61. The number of Topliss-reactive ketones (excluding diaryl/α,β-unsaturated/α-hetero) is 1. The van der Waals surface area contributed by atoms with E-state index >= 15 is 0 Å². The molecule has 0 bridgehead atoms. The minimum atomic E-state index is -0.354. The summed E-state index contributed by atoms with van der Waals surface area (Å²) in [6.45, 7) is 2.40. The molecule has 0 saturated carbocycles. The number of furan rings is 1. The van der Waals surface area contributed by atoms with Crippen molar-refractivity contribution in [1.29, 1.82) is 0 Å². The fraction of sp³-hybridized carbons (Fsp3) is 0.353. The van der Waals surface area contributed by atoms with Gasteiger partial charge in [-0.3, -0.25) is 9.69 Å². The van der Waals surface area contributed by atoms with Crippen LogP contribution in [0.5, 0.6) is 0 Å². The predicted molar refractivity (Wildman–Crippen MR) is 83.5 cm³/mol. The average molecular weight is 304 g/mol. The molecular weight excluding hydrogens is 283 g/mol. The van der Waals surface area contributed by atoms with E-state index in [1.54, 1.807) is 25.3 Å². The highest BCUT2D eigenvalue weighted by Gasteiger charge is 2.17. The summed E-state index contributed by atoms with van der Waals surface area (Å²) in [4.78, 5) is 14.1. The first-order valence-corrected chi connectivity index (χ1v) is 7.19. The largest absolute Gasteiger partial charge is 0.468 e. The lowest BCUT2D eigenvalue weighted by atomic mass is 10.1. The van der Waals surface area contributed by atoms with Crippen LogP contribution in [-0.4, -0.2) is 37.9 Å². The highest BCUT2D eigenvalue weighted by atomic mass is 19.1. The summed E-state index contributed by atoms with van der Waals surface area (Å²) >= 11 is 0. The first-order valence-electron chi connectivity index (χ1n) is 7.19. The van der Waals surface area contributed by atoms with Crippen molar-refractivity contribution in [3.8, 4) is 0 Å². The number of nitrogens with one attached hydrogen (secondary N) is 1. The summed E-state index contributed by atoms with van der Waals surface area (Å²) < 4.78 is 18.9. The molecule has 5 heteroatoms. The van der Waals surface area contributed by atoms with Crippen LogP contribution in [-0.2, 0) is 0 Å². The van der Waals surface area contributed by atoms with Gasteiger partial charge in [-0.2, -0.15) is 0 Å². The third kappa shape index (κ3) is 4.02. The van der Waals surface area contributed by atoms with E-state index in [0.717, 1.165) is 5.76 Å². The quantitative estimate of drug-likeness (QED) is 0.799. The molecule has 1 atom stereocenters. The topological polar surface area (TPSA) is 45.5 Å². The number of halogens is 1. The summed E-state index contributed by atoms with van der Waals surface area (Å²) in [6, 6.07) is 8.34. The number of ketones is 1. The van der Waals surface area contributed by atoms with E-state index in [-0.39, 0.29) is 24.2 Å². The van der Waals surface area contributed by atoms with Crippen molar-refractivity contribution >= 4 is 5.78 Å².